The van der Waals surface area contributed by atoms with Crippen molar-refractivity contribution in [3.63, 3.8) is 0 Å². The maximum absolute atomic E-state index is 6.48. The lowest BCUT2D eigenvalue weighted by Gasteiger charge is -2.39. The van der Waals surface area contributed by atoms with Gasteiger partial charge in [-0.25, -0.2) is 0 Å². The van der Waals surface area contributed by atoms with Gasteiger partial charge in [0.1, 0.15) is 0 Å². The Bertz CT molecular complexity index is 341. The Labute approximate surface area is 104 Å². The molecule has 1 aliphatic heterocycles. The van der Waals surface area contributed by atoms with E-state index in [2.05, 4.69) is 44.2 Å². The second kappa shape index (κ2) is 5.19. The smallest absolute Gasteiger partial charge is 0.0509 e. The molecular weight excluding hydrogens is 210 g/mol. The summed E-state index contributed by atoms with van der Waals surface area (Å²) in [7, 11) is 0. The van der Waals surface area contributed by atoms with Crippen molar-refractivity contribution in [1.29, 1.82) is 0 Å². The highest BCUT2D eigenvalue weighted by atomic mass is 16.5. The molecule has 1 saturated heterocycles. The Kier molecular flexibility index (Phi) is 3.85. The van der Waals surface area contributed by atoms with Gasteiger partial charge >= 0.3 is 0 Å². The van der Waals surface area contributed by atoms with E-state index in [1.54, 1.807) is 0 Å². The van der Waals surface area contributed by atoms with Gasteiger partial charge in [0.2, 0.25) is 0 Å². The van der Waals surface area contributed by atoms with Crippen LogP contribution in [-0.4, -0.2) is 19.3 Å². The van der Waals surface area contributed by atoms with E-state index in [0.29, 0.717) is 5.92 Å². The minimum Gasteiger partial charge on any atom is -0.381 e. The van der Waals surface area contributed by atoms with Gasteiger partial charge in [-0.2, -0.15) is 0 Å². The fraction of sp³-hybridized carbons (Fsp3) is 0.600. The Morgan fingerprint density at radius 3 is 2.59 bits per heavy atom. The first-order valence-electron chi connectivity index (χ1n) is 6.51. The number of rotatable bonds is 3. The third kappa shape index (κ3) is 2.70. The van der Waals surface area contributed by atoms with Crippen molar-refractivity contribution in [3.8, 4) is 0 Å². The molecule has 0 aliphatic carbocycles. The lowest BCUT2D eigenvalue weighted by Crippen LogP contribution is -2.48. The summed E-state index contributed by atoms with van der Waals surface area (Å²) >= 11 is 0. The quantitative estimate of drug-likeness (QED) is 0.871. The number of ether oxygens (including phenoxy) is 1. The molecule has 0 aromatic heterocycles. The zero-order valence-corrected chi connectivity index (χ0v) is 10.9. The van der Waals surface area contributed by atoms with E-state index in [1.807, 2.05) is 0 Å². The van der Waals surface area contributed by atoms with E-state index < -0.39 is 0 Å². The van der Waals surface area contributed by atoms with Gasteiger partial charge in [0.15, 0.2) is 0 Å². The van der Waals surface area contributed by atoms with Gasteiger partial charge in [0.05, 0.1) is 6.61 Å². The van der Waals surface area contributed by atoms with Crippen molar-refractivity contribution in [2.75, 3.05) is 13.2 Å². The van der Waals surface area contributed by atoms with Crippen molar-refractivity contribution in [2.24, 2.45) is 11.7 Å². The zero-order valence-electron chi connectivity index (χ0n) is 10.9. The molecule has 2 nitrogen and oxygen atoms in total. The highest BCUT2D eigenvalue weighted by Gasteiger charge is 2.34. The van der Waals surface area contributed by atoms with E-state index in [1.165, 1.54) is 12.0 Å². The lowest BCUT2D eigenvalue weighted by atomic mass is 9.72. The first kappa shape index (κ1) is 12.6. The first-order valence-corrected chi connectivity index (χ1v) is 6.51. The molecule has 1 aromatic carbocycles. The molecule has 1 aromatic rings. The van der Waals surface area contributed by atoms with Crippen molar-refractivity contribution in [1.82, 2.24) is 0 Å². The fourth-order valence-corrected chi connectivity index (χ4v) is 2.70. The van der Waals surface area contributed by atoms with Crippen LogP contribution in [0.15, 0.2) is 30.3 Å². The Balaban J connectivity index is 2.14. The van der Waals surface area contributed by atoms with Crippen LogP contribution in [0.25, 0.3) is 0 Å². The standard InChI is InChI=1S/C15H23NO/c1-15(2,13-8-4-3-5-9-13)14(16)12-7-6-10-17-11-12/h3-5,8-9,12,14H,6-7,10-11,16H2,1-2H3. The summed E-state index contributed by atoms with van der Waals surface area (Å²) in [6.07, 6.45) is 2.33. The molecule has 0 radical (unpaired) electrons. The van der Waals surface area contributed by atoms with Crippen LogP contribution in [0.4, 0.5) is 0 Å². The molecule has 1 aliphatic rings. The molecular formula is C15H23NO. The summed E-state index contributed by atoms with van der Waals surface area (Å²) in [6, 6.07) is 10.7. The van der Waals surface area contributed by atoms with Crippen LogP contribution in [0.5, 0.6) is 0 Å². The average Bonchev–Trinajstić information content (AvgIpc) is 2.40. The van der Waals surface area contributed by atoms with E-state index in [4.69, 9.17) is 10.5 Å². The molecule has 2 N–H and O–H groups in total. The van der Waals surface area contributed by atoms with E-state index >= 15 is 0 Å². The minimum absolute atomic E-state index is 0.00657. The Hall–Kier alpha value is -0.860. The van der Waals surface area contributed by atoms with Gasteiger partial charge in [-0.15, -0.1) is 0 Å². The van der Waals surface area contributed by atoms with Crippen LogP contribution in [0, 0.1) is 5.92 Å². The molecule has 1 heterocycles. The van der Waals surface area contributed by atoms with Crippen LogP contribution in [0.2, 0.25) is 0 Å². The molecule has 17 heavy (non-hydrogen) atoms. The Morgan fingerprint density at radius 2 is 2.00 bits per heavy atom. The molecule has 2 heteroatoms. The molecule has 94 valence electrons. The molecule has 0 saturated carbocycles. The summed E-state index contributed by atoms with van der Waals surface area (Å²) in [6.45, 7) is 6.19. The molecule has 2 unspecified atom stereocenters. The van der Waals surface area contributed by atoms with Gasteiger partial charge in [0.25, 0.3) is 0 Å². The molecule has 1 fully saturated rings. The van der Waals surface area contributed by atoms with Crippen LogP contribution >= 0.6 is 0 Å². The van der Waals surface area contributed by atoms with E-state index in [9.17, 15) is 0 Å². The SMILES string of the molecule is CC(C)(c1ccccc1)C(N)C1CCCOC1. The number of benzene rings is 1. The molecule has 2 atom stereocenters. The summed E-state index contributed by atoms with van der Waals surface area (Å²) in [5.41, 5.74) is 7.80. The van der Waals surface area contributed by atoms with Crippen LogP contribution in [-0.2, 0) is 10.2 Å². The second-order valence-corrected chi connectivity index (χ2v) is 5.59. The van der Waals surface area contributed by atoms with E-state index in [0.717, 1.165) is 19.6 Å². The van der Waals surface area contributed by atoms with Gasteiger partial charge in [-0.3, -0.25) is 0 Å². The minimum atomic E-state index is 0.00657. The lowest BCUT2D eigenvalue weighted by molar-refractivity contribution is 0.0347. The van der Waals surface area contributed by atoms with Crippen molar-refractivity contribution < 1.29 is 4.74 Å². The maximum atomic E-state index is 6.48. The first-order chi connectivity index (χ1) is 8.12. The third-order valence-electron chi connectivity index (χ3n) is 4.05. The average molecular weight is 233 g/mol. The van der Waals surface area contributed by atoms with Crippen LogP contribution in [0.3, 0.4) is 0 Å². The number of nitrogens with two attached hydrogens (primary N) is 1. The summed E-state index contributed by atoms with van der Waals surface area (Å²) in [4.78, 5) is 0. The molecule has 0 bridgehead atoms. The summed E-state index contributed by atoms with van der Waals surface area (Å²) in [5, 5.41) is 0. The predicted octanol–water partition coefficient (Wildman–Crippen LogP) is 2.72. The highest BCUT2D eigenvalue weighted by Crippen LogP contribution is 2.32. The maximum Gasteiger partial charge on any atom is 0.0509 e. The third-order valence-corrected chi connectivity index (χ3v) is 4.05. The van der Waals surface area contributed by atoms with Gasteiger partial charge < -0.3 is 10.5 Å². The Morgan fingerprint density at radius 1 is 1.29 bits per heavy atom. The van der Waals surface area contributed by atoms with Crippen LogP contribution in [0.1, 0.15) is 32.3 Å². The van der Waals surface area contributed by atoms with Crippen LogP contribution < -0.4 is 5.73 Å². The number of hydrogen-bond acceptors (Lipinski definition) is 2. The zero-order chi connectivity index (χ0) is 12.3. The van der Waals surface area contributed by atoms with Gasteiger partial charge in [-0.05, 0) is 24.3 Å². The normalized spacial score (nSPS) is 23.4. The van der Waals surface area contributed by atoms with Crippen molar-refractivity contribution in [3.05, 3.63) is 35.9 Å². The topological polar surface area (TPSA) is 35.2 Å². The largest absolute Gasteiger partial charge is 0.381 e. The second-order valence-electron chi connectivity index (χ2n) is 5.59. The molecule has 0 spiro atoms. The predicted molar refractivity (Wildman–Crippen MR) is 71.0 cm³/mol. The molecule has 2 rings (SSSR count). The van der Waals surface area contributed by atoms with Gasteiger partial charge in [-0.1, -0.05) is 44.2 Å². The summed E-state index contributed by atoms with van der Waals surface area (Å²) in [5.74, 6) is 0.485. The molecule has 0 amide bonds. The van der Waals surface area contributed by atoms with Crippen molar-refractivity contribution in [2.45, 2.75) is 38.1 Å². The highest BCUT2D eigenvalue weighted by molar-refractivity contribution is 5.26. The summed E-state index contributed by atoms with van der Waals surface area (Å²) < 4.78 is 5.55. The van der Waals surface area contributed by atoms with Gasteiger partial charge in [0, 0.05) is 18.1 Å². The van der Waals surface area contributed by atoms with Crippen molar-refractivity contribution >= 4 is 0 Å². The van der Waals surface area contributed by atoms with E-state index in [-0.39, 0.29) is 11.5 Å². The fourth-order valence-electron chi connectivity index (χ4n) is 2.70. The monoisotopic (exact) mass is 233 g/mol. The number of hydrogen-bond donors (Lipinski definition) is 1.